The van der Waals surface area contributed by atoms with Crippen LogP contribution in [0, 0.1) is 11.8 Å². The molecule has 47 heavy (non-hydrogen) atoms. The molecule has 1 N–H and O–H groups in total. The van der Waals surface area contributed by atoms with Crippen LogP contribution in [0.3, 0.4) is 0 Å². The number of nitrogens with zero attached hydrogens (tertiary/aromatic N) is 6. The highest BCUT2D eigenvalue weighted by Crippen LogP contribution is 2.38. The molecule has 260 valence electrons. The quantitative estimate of drug-likeness (QED) is 0.218. The summed E-state index contributed by atoms with van der Waals surface area (Å²) in [5, 5.41) is 20.9. The molecule has 1 aliphatic rings. The maximum Gasteiger partial charge on any atom is 0.416 e. The van der Waals surface area contributed by atoms with E-state index in [2.05, 4.69) is 15.4 Å². The second-order valence-electron chi connectivity index (χ2n) is 11.3. The molecule has 0 unspecified atom stereocenters. The van der Waals surface area contributed by atoms with E-state index in [0.29, 0.717) is 56.6 Å². The van der Waals surface area contributed by atoms with Gasteiger partial charge in [0.1, 0.15) is 0 Å². The molecule has 0 bridgehead atoms. The molecular weight excluding hydrogens is 671 g/mol. The third-order valence-electron chi connectivity index (χ3n) is 7.97. The van der Waals surface area contributed by atoms with E-state index in [-0.39, 0.29) is 35.9 Å². The Labute approximate surface area is 269 Å². The van der Waals surface area contributed by atoms with Crippen LogP contribution >= 0.6 is 12.4 Å². The predicted octanol–water partition coefficient (Wildman–Crippen LogP) is 7.61. The summed E-state index contributed by atoms with van der Waals surface area (Å²) in [7, 11) is 1.37. The summed E-state index contributed by atoms with van der Waals surface area (Å²) in [6, 6.07) is 4.13. The summed E-state index contributed by atoms with van der Waals surface area (Å²) in [4.78, 5) is 15.4. The molecule has 0 aliphatic heterocycles. The maximum absolute atomic E-state index is 13.9. The van der Waals surface area contributed by atoms with Crippen LogP contribution in [0.4, 0.5) is 51.1 Å². The van der Waals surface area contributed by atoms with Crippen LogP contribution in [-0.4, -0.2) is 44.4 Å². The Hall–Kier alpha value is -3.76. The zero-order chi connectivity index (χ0) is 34.0. The van der Waals surface area contributed by atoms with Crippen molar-refractivity contribution in [1.82, 2.24) is 20.2 Å². The van der Waals surface area contributed by atoms with Crippen LogP contribution in [0.2, 0.25) is 0 Å². The van der Waals surface area contributed by atoms with Gasteiger partial charge in [0.15, 0.2) is 0 Å². The summed E-state index contributed by atoms with van der Waals surface area (Å²) >= 11 is 0. The Balaban J connectivity index is 0.00000600. The number of tetrazole rings is 1. The maximum atomic E-state index is 13.9. The second-order valence-corrected chi connectivity index (χ2v) is 11.3. The van der Waals surface area contributed by atoms with E-state index in [4.69, 9.17) is 0 Å². The average molecular weight is 703 g/mol. The van der Waals surface area contributed by atoms with E-state index in [9.17, 15) is 49.4 Å². The van der Waals surface area contributed by atoms with Crippen LogP contribution in [0.15, 0.2) is 36.4 Å². The highest BCUT2D eigenvalue weighted by molar-refractivity contribution is 5.85. The van der Waals surface area contributed by atoms with Gasteiger partial charge in [0.05, 0.1) is 29.7 Å². The topological polar surface area (TPSA) is 87.4 Å². The molecular formula is C29H32ClF9N6O2. The first-order chi connectivity index (χ1) is 21.3. The van der Waals surface area contributed by atoms with Crippen molar-refractivity contribution in [2.75, 3.05) is 22.9 Å². The number of carboxylic acids is 1. The molecule has 1 aromatic heterocycles. The van der Waals surface area contributed by atoms with Gasteiger partial charge in [-0.3, -0.25) is 4.79 Å². The number of carbonyl (C=O) groups is 1. The van der Waals surface area contributed by atoms with Crippen molar-refractivity contribution in [2.45, 2.75) is 64.2 Å². The molecule has 8 nitrogen and oxygen atoms in total. The van der Waals surface area contributed by atoms with Gasteiger partial charge in [-0.05, 0) is 91.3 Å². The number of hydrogen-bond acceptors (Lipinski definition) is 6. The van der Waals surface area contributed by atoms with Gasteiger partial charge < -0.3 is 14.9 Å². The Morgan fingerprint density at radius 3 is 1.89 bits per heavy atom. The Morgan fingerprint density at radius 2 is 1.43 bits per heavy atom. The molecule has 0 amide bonds. The van der Waals surface area contributed by atoms with Crippen LogP contribution < -0.4 is 9.80 Å². The highest BCUT2D eigenvalue weighted by Gasteiger charge is 2.37. The standard InChI is InChI=1S/C29H31F9N6O2.ClH/c1-3-43(14-17-4-6-19(7-5-17)25(45)46)24-9-8-21(27(30,31)32)12-20(24)16-44(26-39-41-42(2)40-26)15-18-10-22(28(33,34)35)13-23(11-18)29(36,37)38;/h8-13,17,19H,3-7,14-16H2,1-2H3,(H,45,46);1H. The lowest BCUT2D eigenvalue weighted by molar-refractivity contribution is -0.144. The van der Waals surface area contributed by atoms with Gasteiger partial charge in [-0.1, -0.05) is 5.10 Å². The van der Waals surface area contributed by atoms with Gasteiger partial charge >= 0.3 is 24.5 Å². The van der Waals surface area contributed by atoms with Gasteiger partial charge in [-0.2, -0.15) is 44.3 Å². The van der Waals surface area contributed by atoms with E-state index >= 15 is 0 Å². The van der Waals surface area contributed by atoms with Crippen LogP contribution in [0.5, 0.6) is 0 Å². The first kappa shape index (κ1) is 37.7. The molecule has 1 heterocycles. The number of aryl methyl sites for hydroxylation is 1. The fourth-order valence-electron chi connectivity index (χ4n) is 5.63. The molecule has 0 saturated heterocycles. The fraction of sp³-hybridized carbons (Fsp3) is 0.517. The van der Waals surface area contributed by atoms with E-state index in [1.807, 2.05) is 4.90 Å². The van der Waals surface area contributed by atoms with Crippen molar-refractivity contribution in [3.8, 4) is 0 Å². The van der Waals surface area contributed by atoms with Crippen LogP contribution in [0.1, 0.15) is 60.4 Å². The lowest BCUT2D eigenvalue weighted by Crippen LogP contribution is -2.34. The molecule has 1 aliphatic carbocycles. The first-order valence-electron chi connectivity index (χ1n) is 14.3. The molecule has 0 radical (unpaired) electrons. The molecule has 1 saturated carbocycles. The summed E-state index contributed by atoms with van der Waals surface area (Å²) in [6.45, 7) is 1.48. The van der Waals surface area contributed by atoms with Crippen molar-refractivity contribution in [3.05, 3.63) is 64.2 Å². The summed E-state index contributed by atoms with van der Waals surface area (Å²) < 4.78 is 123. The minimum atomic E-state index is -5.11. The number of benzene rings is 2. The van der Waals surface area contributed by atoms with Crippen LogP contribution in [-0.2, 0) is 43.5 Å². The predicted molar refractivity (Wildman–Crippen MR) is 155 cm³/mol. The van der Waals surface area contributed by atoms with Crippen molar-refractivity contribution >= 4 is 30.0 Å². The van der Waals surface area contributed by atoms with Gasteiger partial charge in [-0.25, -0.2) is 0 Å². The van der Waals surface area contributed by atoms with Gasteiger partial charge in [0.2, 0.25) is 0 Å². The minimum absolute atomic E-state index is 0. The first-order valence-corrected chi connectivity index (χ1v) is 14.3. The van der Waals surface area contributed by atoms with Crippen molar-refractivity contribution in [2.24, 2.45) is 18.9 Å². The van der Waals surface area contributed by atoms with E-state index in [0.717, 1.165) is 21.8 Å². The number of anilines is 2. The number of halogens is 10. The Bertz CT molecular complexity index is 1490. The summed E-state index contributed by atoms with van der Waals surface area (Å²) in [6.07, 6.45) is -12.9. The minimum Gasteiger partial charge on any atom is -0.481 e. The number of aromatic nitrogens is 4. The number of rotatable bonds is 10. The van der Waals surface area contributed by atoms with E-state index in [1.54, 1.807) is 6.92 Å². The number of aliphatic carboxylic acids is 1. The number of hydrogen-bond donors (Lipinski definition) is 1. The lowest BCUT2D eigenvalue weighted by Gasteiger charge is -2.34. The third-order valence-corrected chi connectivity index (χ3v) is 7.97. The summed E-state index contributed by atoms with van der Waals surface area (Å²) in [5.41, 5.74) is -4.07. The van der Waals surface area contributed by atoms with Gasteiger partial charge in [0.25, 0.3) is 5.95 Å². The SMILES string of the molecule is CCN(CC1CCC(C(=O)O)CC1)c1ccc(C(F)(F)F)cc1CN(Cc1cc(C(F)(F)F)cc(C(F)(F)F)c1)c1nnn(C)n1.Cl. The lowest BCUT2D eigenvalue weighted by atomic mass is 9.81. The second kappa shape index (κ2) is 14.6. The molecule has 18 heteroatoms. The van der Waals surface area contributed by atoms with Crippen LogP contribution in [0.25, 0.3) is 0 Å². The van der Waals surface area contributed by atoms with Gasteiger partial charge in [-0.15, -0.1) is 17.5 Å². The average Bonchev–Trinajstić information content (AvgIpc) is 3.40. The molecule has 0 spiro atoms. The Morgan fingerprint density at radius 1 is 0.851 bits per heavy atom. The van der Waals surface area contributed by atoms with E-state index < -0.39 is 65.8 Å². The van der Waals surface area contributed by atoms with Crippen molar-refractivity contribution in [3.63, 3.8) is 0 Å². The molecule has 4 rings (SSSR count). The monoisotopic (exact) mass is 702 g/mol. The molecule has 0 atom stereocenters. The molecule has 2 aromatic carbocycles. The molecule has 3 aromatic rings. The summed E-state index contributed by atoms with van der Waals surface area (Å²) in [5.74, 6) is -1.52. The van der Waals surface area contributed by atoms with Crippen molar-refractivity contribution < 1.29 is 49.4 Å². The highest BCUT2D eigenvalue weighted by atomic mass is 35.5. The van der Waals surface area contributed by atoms with Gasteiger partial charge in [0, 0.05) is 31.9 Å². The van der Waals surface area contributed by atoms with E-state index in [1.165, 1.54) is 13.1 Å². The zero-order valence-electron chi connectivity index (χ0n) is 25.1. The number of alkyl halides is 9. The smallest absolute Gasteiger partial charge is 0.416 e. The molecule has 1 fully saturated rings. The zero-order valence-corrected chi connectivity index (χ0v) is 25.9. The van der Waals surface area contributed by atoms with Crippen molar-refractivity contribution in [1.29, 1.82) is 0 Å². The fourth-order valence-corrected chi connectivity index (χ4v) is 5.63. The largest absolute Gasteiger partial charge is 0.481 e. The Kier molecular flexibility index (Phi) is 11.7. The number of carboxylic acid groups (broad SMARTS) is 1. The normalized spacial score (nSPS) is 17.3. The third kappa shape index (κ3) is 9.64.